The van der Waals surface area contributed by atoms with Gasteiger partial charge in [0.05, 0.1) is 11.0 Å². The Morgan fingerprint density at radius 1 is 1.12 bits per heavy atom. The van der Waals surface area contributed by atoms with Gasteiger partial charge in [-0.25, -0.2) is 9.97 Å². The summed E-state index contributed by atoms with van der Waals surface area (Å²) in [5.74, 6) is 0.706. The molecule has 6 heteroatoms. The Bertz CT molecular complexity index is 1070. The molecule has 0 radical (unpaired) electrons. The molecule has 0 unspecified atom stereocenters. The van der Waals surface area contributed by atoms with Gasteiger partial charge in [0, 0.05) is 22.3 Å². The van der Waals surface area contributed by atoms with Gasteiger partial charge in [0.1, 0.15) is 5.82 Å². The van der Waals surface area contributed by atoms with E-state index in [1.807, 2.05) is 62.4 Å². The Hall–Kier alpha value is -2.99. The standard InChI is InChI=1S/C19H16N4OS/c1-12-11-20-19(25-12)22-18(24)14-8-9-17-16(10-14)21-13(2)23(17)15-6-4-3-5-7-15/h3-11H,1-2H3,(H,20,22,24). The molecule has 0 saturated heterocycles. The van der Waals surface area contributed by atoms with Crippen LogP contribution in [0.2, 0.25) is 0 Å². The van der Waals surface area contributed by atoms with Crippen LogP contribution in [0.3, 0.4) is 0 Å². The zero-order valence-corrected chi connectivity index (χ0v) is 14.7. The lowest BCUT2D eigenvalue weighted by Crippen LogP contribution is -2.11. The van der Waals surface area contributed by atoms with Gasteiger partial charge in [-0.1, -0.05) is 18.2 Å². The minimum atomic E-state index is -0.178. The molecule has 2 aromatic carbocycles. The molecule has 2 heterocycles. The summed E-state index contributed by atoms with van der Waals surface area (Å²) in [7, 11) is 0. The zero-order valence-electron chi connectivity index (χ0n) is 13.9. The van der Waals surface area contributed by atoms with E-state index in [0.717, 1.165) is 27.4 Å². The number of nitrogens with zero attached hydrogens (tertiary/aromatic N) is 3. The Balaban J connectivity index is 1.71. The van der Waals surface area contributed by atoms with E-state index >= 15 is 0 Å². The van der Waals surface area contributed by atoms with E-state index in [0.29, 0.717) is 10.7 Å². The van der Waals surface area contributed by atoms with Crippen LogP contribution in [0.5, 0.6) is 0 Å². The number of aromatic nitrogens is 3. The quantitative estimate of drug-likeness (QED) is 0.599. The highest BCUT2D eigenvalue weighted by Crippen LogP contribution is 2.23. The predicted molar refractivity (Wildman–Crippen MR) is 101 cm³/mol. The fraction of sp³-hybridized carbons (Fsp3) is 0.105. The Morgan fingerprint density at radius 3 is 2.64 bits per heavy atom. The highest BCUT2D eigenvalue weighted by Gasteiger charge is 2.13. The number of anilines is 1. The minimum Gasteiger partial charge on any atom is -0.298 e. The van der Waals surface area contributed by atoms with Crippen molar-refractivity contribution in [2.24, 2.45) is 0 Å². The van der Waals surface area contributed by atoms with Crippen LogP contribution >= 0.6 is 11.3 Å². The molecule has 0 spiro atoms. The Morgan fingerprint density at radius 2 is 1.92 bits per heavy atom. The van der Waals surface area contributed by atoms with Crippen LogP contribution in [0.25, 0.3) is 16.7 Å². The van der Waals surface area contributed by atoms with Gasteiger partial charge in [-0.05, 0) is 44.2 Å². The summed E-state index contributed by atoms with van der Waals surface area (Å²) in [6.07, 6.45) is 1.74. The number of fused-ring (bicyclic) bond motifs is 1. The number of amides is 1. The topological polar surface area (TPSA) is 59.8 Å². The van der Waals surface area contributed by atoms with Crippen molar-refractivity contribution in [1.82, 2.24) is 14.5 Å². The van der Waals surface area contributed by atoms with Crippen LogP contribution in [0.4, 0.5) is 5.13 Å². The molecule has 0 bridgehead atoms. The second-order valence-corrected chi connectivity index (χ2v) is 7.00. The minimum absolute atomic E-state index is 0.178. The molecular weight excluding hydrogens is 332 g/mol. The van der Waals surface area contributed by atoms with Gasteiger partial charge in [-0.2, -0.15) is 0 Å². The first-order valence-electron chi connectivity index (χ1n) is 7.90. The van der Waals surface area contributed by atoms with Gasteiger partial charge in [-0.3, -0.25) is 14.7 Å². The highest BCUT2D eigenvalue weighted by atomic mass is 32.1. The fourth-order valence-corrected chi connectivity index (χ4v) is 3.49. The predicted octanol–water partition coefficient (Wildman–Crippen LogP) is 4.35. The lowest BCUT2D eigenvalue weighted by Gasteiger charge is -2.07. The van der Waals surface area contributed by atoms with Crippen molar-refractivity contribution in [1.29, 1.82) is 0 Å². The summed E-state index contributed by atoms with van der Waals surface area (Å²) in [6.45, 7) is 3.92. The van der Waals surface area contributed by atoms with Crippen molar-refractivity contribution in [2.45, 2.75) is 13.8 Å². The van der Waals surface area contributed by atoms with E-state index in [2.05, 4.69) is 19.9 Å². The van der Waals surface area contributed by atoms with Gasteiger partial charge in [-0.15, -0.1) is 11.3 Å². The third-order valence-corrected chi connectivity index (χ3v) is 4.77. The van der Waals surface area contributed by atoms with E-state index in [-0.39, 0.29) is 5.91 Å². The van der Waals surface area contributed by atoms with Crippen molar-refractivity contribution in [3.63, 3.8) is 0 Å². The molecule has 5 nitrogen and oxygen atoms in total. The van der Waals surface area contributed by atoms with E-state index in [4.69, 9.17) is 0 Å². The van der Waals surface area contributed by atoms with Gasteiger partial charge in [0.15, 0.2) is 5.13 Å². The SMILES string of the molecule is Cc1cnc(NC(=O)c2ccc3c(c2)nc(C)n3-c2ccccc2)s1. The first-order valence-corrected chi connectivity index (χ1v) is 8.72. The van der Waals surface area contributed by atoms with Crippen LogP contribution in [0.1, 0.15) is 21.1 Å². The van der Waals surface area contributed by atoms with Gasteiger partial charge in [0.2, 0.25) is 0 Å². The van der Waals surface area contributed by atoms with Crippen LogP contribution < -0.4 is 5.32 Å². The van der Waals surface area contributed by atoms with E-state index in [9.17, 15) is 4.79 Å². The van der Waals surface area contributed by atoms with Gasteiger partial charge >= 0.3 is 0 Å². The van der Waals surface area contributed by atoms with Crippen LogP contribution in [0, 0.1) is 13.8 Å². The summed E-state index contributed by atoms with van der Waals surface area (Å²) in [5, 5.41) is 3.44. The van der Waals surface area contributed by atoms with E-state index < -0.39 is 0 Å². The summed E-state index contributed by atoms with van der Waals surface area (Å²) in [5.41, 5.74) is 3.39. The average Bonchev–Trinajstić information content (AvgIpc) is 3.16. The molecule has 0 aliphatic rings. The summed E-state index contributed by atoms with van der Waals surface area (Å²) >= 11 is 1.46. The second-order valence-electron chi connectivity index (χ2n) is 5.76. The largest absolute Gasteiger partial charge is 0.298 e. The van der Waals surface area contributed by atoms with Crippen molar-refractivity contribution >= 4 is 33.4 Å². The normalized spacial score (nSPS) is 11.0. The van der Waals surface area contributed by atoms with Crippen LogP contribution in [0.15, 0.2) is 54.7 Å². The van der Waals surface area contributed by atoms with Crippen LogP contribution in [-0.2, 0) is 0 Å². The zero-order chi connectivity index (χ0) is 17.4. The van der Waals surface area contributed by atoms with E-state index in [1.54, 1.807) is 6.20 Å². The maximum absolute atomic E-state index is 12.4. The molecule has 25 heavy (non-hydrogen) atoms. The lowest BCUT2D eigenvalue weighted by molar-refractivity contribution is 0.102. The average molecular weight is 348 g/mol. The van der Waals surface area contributed by atoms with E-state index in [1.165, 1.54) is 11.3 Å². The van der Waals surface area contributed by atoms with Crippen molar-refractivity contribution in [3.8, 4) is 5.69 Å². The molecule has 1 amide bonds. The number of hydrogen-bond acceptors (Lipinski definition) is 4. The summed E-state index contributed by atoms with van der Waals surface area (Å²) in [6, 6.07) is 15.6. The first kappa shape index (κ1) is 15.5. The highest BCUT2D eigenvalue weighted by molar-refractivity contribution is 7.15. The maximum Gasteiger partial charge on any atom is 0.257 e. The molecule has 124 valence electrons. The van der Waals surface area contributed by atoms with Gasteiger partial charge < -0.3 is 0 Å². The Labute approximate surface area is 149 Å². The number of benzene rings is 2. The fourth-order valence-electron chi connectivity index (χ4n) is 2.83. The molecule has 0 atom stereocenters. The molecule has 0 saturated carbocycles. The maximum atomic E-state index is 12.4. The molecule has 4 aromatic rings. The monoisotopic (exact) mass is 348 g/mol. The van der Waals surface area contributed by atoms with Crippen molar-refractivity contribution < 1.29 is 4.79 Å². The Kier molecular flexibility index (Phi) is 3.82. The van der Waals surface area contributed by atoms with Crippen molar-refractivity contribution in [3.05, 3.63) is 71.0 Å². The summed E-state index contributed by atoms with van der Waals surface area (Å²) < 4.78 is 2.08. The molecule has 4 rings (SSSR count). The van der Waals surface area contributed by atoms with Gasteiger partial charge in [0.25, 0.3) is 5.91 Å². The molecule has 0 aliphatic carbocycles. The second kappa shape index (κ2) is 6.14. The molecule has 0 fully saturated rings. The number of rotatable bonds is 3. The lowest BCUT2D eigenvalue weighted by atomic mass is 10.2. The number of nitrogens with one attached hydrogen (secondary N) is 1. The number of hydrogen-bond donors (Lipinski definition) is 1. The number of imidazole rings is 1. The number of para-hydroxylation sites is 1. The number of thiazole rings is 1. The first-order chi connectivity index (χ1) is 12.1. The number of carbonyl (C=O) groups excluding carboxylic acids is 1. The number of carbonyl (C=O) groups is 1. The molecular formula is C19H16N4OS. The third kappa shape index (κ3) is 2.92. The number of aryl methyl sites for hydroxylation is 2. The molecule has 2 aromatic heterocycles. The van der Waals surface area contributed by atoms with Crippen molar-refractivity contribution in [2.75, 3.05) is 5.32 Å². The smallest absolute Gasteiger partial charge is 0.257 e. The molecule has 0 aliphatic heterocycles. The van der Waals surface area contributed by atoms with Crippen LogP contribution in [-0.4, -0.2) is 20.4 Å². The summed E-state index contributed by atoms with van der Waals surface area (Å²) in [4.78, 5) is 22.3. The third-order valence-electron chi connectivity index (χ3n) is 3.94. The molecule has 1 N–H and O–H groups in total.